The Labute approximate surface area is 131 Å². The molecule has 1 amide bonds. The molecule has 4 heteroatoms. The molecule has 0 radical (unpaired) electrons. The zero-order valence-corrected chi connectivity index (χ0v) is 13.2. The van der Waals surface area contributed by atoms with E-state index in [4.69, 9.17) is 0 Å². The summed E-state index contributed by atoms with van der Waals surface area (Å²) in [5, 5.41) is 0. The molecule has 0 fully saturated rings. The lowest BCUT2D eigenvalue weighted by molar-refractivity contribution is -0.145. The molecule has 0 bridgehead atoms. The zero-order valence-electron chi connectivity index (χ0n) is 13.2. The molecule has 0 aromatic heterocycles. The Hall–Kier alpha value is -2.23. The maximum Gasteiger partial charge on any atom is 0.290 e. The van der Waals surface area contributed by atoms with Crippen LogP contribution < -0.4 is 0 Å². The van der Waals surface area contributed by atoms with Crippen LogP contribution in [0.1, 0.15) is 38.7 Å². The number of ketones is 2. The lowest BCUT2D eigenvalue weighted by Crippen LogP contribution is -2.38. The number of Topliss-reactive ketones (excluding diaryl/α,β-unsaturated/α-hetero) is 1. The van der Waals surface area contributed by atoms with Crippen molar-refractivity contribution in [2.75, 3.05) is 13.1 Å². The minimum Gasteiger partial charge on any atom is -0.336 e. The monoisotopic (exact) mass is 301 g/mol. The van der Waals surface area contributed by atoms with Crippen molar-refractivity contribution in [1.29, 1.82) is 0 Å². The normalized spacial score (nSPS) is 10.6. The van der Waals surface area contributed by atoms with Crippen LogP contribution in [0, 0.1) is 0 Å². The van der Waals surface area contributed by atoms with Gasteiger partial charge in [0.2, 0.25) is 5.78 Å². The van der Waals surface area contributed by atoms with Crippen LogP contribution in [-0.4, -0.2) is 35.5 Å². The fraction of sp³-hybridized carbons (Fsp3) is 0.389. The summed E-state index contributed by atoms with van der Waals surface area (Å²) < 4.78 is 0. The van der Waals surface area contributed by atoms with Crippen LogP contribution >= 0.6 is 0 Å². The van der Waals surface area contributed by atoms with E-state index in [1.807, 2.05) is 44.2 Å². The number of rotatable bonds is 9. The van der Waals surface area contributed by atoms with Gasteiger partial charge in [-0.1, -0.05) is 50.3 Å². The largest absolute Gasteiger partial charge is 0.336 e. The van der Waals surface area contributed by atoms with Crippen molar-refractivity contribution in [3.63, 3.8) is 0 Å². The maximum atomic E-state index is 12.0. The number of hydrogen-bond acceptors (Lipinski definition) is 3. The molecule has 0 aliphatic rings. The van der Waals surface area contributed by atoms with E-state index >= 15 is 0 Å². The second-order valence-corrected chi connectivity index (χ2v) is 5.10. The highest BCUT2D eigenvalue weighted by molar-refractivity contribution is 6.39. The summed E-state index contributed by atoms with van der Waals surface area (Å²) in [6.45, 7) is 5.00. The van der Waals surface area contributed by atoms with Gasteiger partial charge in [0.05, 0.1) is 6.42 Å². The van der Waals surface area contributed by atoms with Gasteiger partial charge in [0.25, 0.3) is 5.91 Å². The molecule has 0 aliphatic heterocycles. The first-order chi connectivity index (χ1) is 10.6. The van der Waals surface area contributed by atoms with E-state index in [0.29, 0.717) is 13.1 Å². The van der Waals surface area contributed by atoms with E-state index in [1.165, 1.54) is 11.0 Å². The predicted octanol–water partition coefficient (Wildman–Crippen LogP) is 2.88. The molecule has 0 atom stereocenters. The SMILES string of the molecule is CCCN(CCC)C(=O)C(=O)CC(=O)/C=C/c1ccccc1. The molecule has 0 saturated carbocycles. The van der Waals surface area contributed by atoms with Gasteiger partial charge in [0.1, 0.15) is 0 Å². The first-order valence-electron chi connectivity index (χ1n) is 7.66. The lowest BCUT2D eigenvalue weighted by atomic mass is 10.1. The average molecular weight is 301 g/mol. The Morgan fingerprint density at radius 2 is 1.59 bits per heavy atom. The van der Waals surface area contributed by atoms with E-state index in [0.717, 1.165) is 18.4 Å². The smallest absolute Gasteiger partial charge is 0.290 e. The number of hydrogen-bond donors (Lipinski definition) is 0. The summed E-state index contributed by atoms with van der Waals surface area (Å²) in [6, 6.07) is 9.35. The van der Waals surface area contributed by atoms with Gasteiger partial charge in [0.15, 0.2) is 5.78 Å². The quantitative estimate of drug-likeness (QED) is 0.400. The molecule has 1 aromatic carbocycles. The zero-order chi connectivity index (χ0) is 16.4. The number of allylic oxidation sites excluding steroid dienone is 1. The van der Waals surface area contributed by atoms with Gasteiger partial charge < -0.3 is 4.90 Å². The standard InChI is InChI=1S/C18H23NO3/c1-3-12-19(13-4-2)18(22)17(21)14-16(20)11-10-15-8-6-5-7-9-15/h5-11H,3-4,12-14H2,1-2H3/b11-10+. The van der Waals surface area contributed by atoms with Gasteiger partial charge in [-0.05, 0) is 24.5 Å². The number of benzene rings is 1. The van der Waals surface area contributed by atoms with Gasteiger partial charge in [-0.2, -0.15) is 0 Å². The van der Waals surface area contributed by atoms with Gasteiger partial charge in [-0.3, -0.25) is 14.4 Å². The lowest BCUT2D eigenvalue weighted by Gasteiger charge is -2.20. The van der Waals surface area contributed by atoms with Crippen molar-refractivity contribution in [2.45, 2.75) is 33.1 Å². The number of nitrogens with zero attached hydrogens (tertiary/aromatic N) is 1. The Balaban J connectivity index is 2.57. The molecule has 0 N–H and O–H groups in total. The Morgan fingerprint density at radius 1 is 1.00 bits per heavy atom. The first kappa shape index (κ1) is 17.8. The molecular formula is C18H23NO3. The van der Waals surface area contributed by atoms with Crippen LogP contribution in [0.4, 0.5) is 0 Å². The fourth-order valence-corrected chi connectivity index (χ4v) is 2.08. The highest BCUT2D eigenvalue weighted by Gasteiger charge is 2.21. The first-order valence-corrected chi connectivity index (χ1v) is 7.66. The van der Waals surface area contributed by atoms with E-state index in [1.54, 1.807) is 6.08 Å². The van der Waals surface area contributed by atoms with E-state index in [-0.39, 0.29) is 12.2 Å². The second kappa shape index (κ2) is 9.66. The Bertz CT molecular complexity index is 529. The molecule has 118 valence electrons. The molecular weight excluding hydrogens is 278 g/mol. The van der Waals surface area contributed by atoms with E-state index < -0.39 is 11.7 Å². The van der Waals surface area contributed by atoms with Crippen molar-refractivity contribution in [1.82, 2.24) is 4.90 Å². The van der Waals surface area contributed by atoms with Crippen molar-refractivity contribution < 1.29 is 14.4 Å². The highest BCUT2D eigenvalue weighted by atomic mass is 16.2. The second-order valence-electron chi connectivity index (χ2n) is 5.10. The Morgan fingerprint density at radius 3 is 2.14 bits per heavy atom. The van der Waals surface area contributed by atoms with E-state index in [9.17, 15) is 14.4 Å². The molecule has 1 aromatic rings. The molecule has 0 saturated heterocycles. The average Bonchev–Trinajstić information content (AvgIpc) is 2.53. The Kier molecular flexibility index (Phi) is 7.83. The highest BCUT2D eigenvalue weighted by Crippen LogP contribution is 2.03. The number of carbonyl (C=O) groups excluding carboxylic acids is 3. The third-order valence-corrected chi connectivity index (χ3v) is 3.11. The third kappa shape index (κ3) is 6.04. The van der Waals surface area contributed by atoms with Gasteiger partial charge in [-0.15, -0.1) is 0 Å². The summed E-state index contributed by atoms with van der Waals surface area (Å²) >= 11 is 0. The van der Waals surface area contributed by atoms with Crippen LogP contribution in [0.2, 0.25) is 0 Å². The molecule has 0 aliphatic carbocycles. The molecule has 1 rings (SSSR count). The molecule has 22 heavy (non-hydrogen) atoms. The molecule has 0 heterocycles. The van der Waals surface area contributed by atoms with Gasteiger partial charge in [-0.25, -0.2) is 0 Å². The van der Waals surface area contributed by atoms with Crippen LogP contribution in [0.5, 0.6) is 0 Å². The maximum absolute atomic E-state index is 12.0. The summed E-state index contributed by atoms with van der Waals surface area (Å²) in [6.07, 6.45) is 4.22. The minimum absolute atomic E-state index is 0.352. The number of carbonyl (C=O) groups is 3. The summed E-state index contributed by atoms with van der Waals surface area (Å²) in [5.41, 5.74) is 0.883. The van der Waals surface area contributed by atoms with Crippen molar-refractivity contribution in [2.24, 2.45) is 0 Å². The summed E-state index contributed by atoms with van der Waals surface area (Å²) in [7, 11) is 0. The van der Waals surface area contributed by atoms with Crippen LogP contribution in [0.15, 0.2) is 36.4 Å². The van der Waals surface area contributed by atoms with E-state index in [2.05, 4.69) is 0 Å². The van der Waals surface area contributed by atoms with Gasteiger partial charge >= 0.3 is 0 Å². The minimum atomic E-state index is -0.635. The topological polar surface area (TPSA) is 54.5 Å². The van der Waals surface area contributed by atoms with Crippen molar-refractivity contribution >= 4 is 23.5 Å². The van der Waals surface area contributed by atoms with Crippen molar-refractivity contribution in [3.05, 3.63) is 42.0 Å². The summed E-state index contributed by atoms with van der Waals surface area (Å²) in [4.78, 5) is 37.3. The fourth-order valence-electron chi connectivity index (χ4n) is 2.08. The summed E-state index contributed by atoms with van der Waals surface area (Å²) in [5.74, 6) is -1.54. The number of amides is 1. The predicted molar refractivity (Wildman–Crippen MR) is 87.3 cm³/mol. The van der Waals surface area contributed by atoms with Crippen LogP contribution in [-0.2, 0) is 14.4 Å². The van der Waals surface area contributed by atoms with Crippen molar-refractivity contribution in [3.8, 4) is 0 Å². The van der Waals surface area contributed by atoms with Crippen LogP contribution in [0.25, 0.3) is 6.08 Å². The third-order valence-electron chi connectivity index (χ3n) is 3.11. The van der Waals surface area contributed by atoms with Gasteiger partial charge in [0, 0.05) is 13.1 Å². The molecule has 0 unspecified atom stereocenters. The molecule has 0 spiro atoms. The molecule has 4 nitrogen and oxygen atoms in total. The van der Waals surface area contributed by atoms with Crippen LogP contribution in [0.3, 0.4) is 0 Å².